The number of benzene rings is 3. The zero-order valence-corrected chi connectivity index (χ0v) is 16.5. The number of ketones is 1. The SMILES string of the molecule is O=C(c1c[nH]c2ccccc12)C(NCCn1cnc2ccccc21)c1ccccc1. The topological polar surface area (TPSA) is 62.7 Å². The predicted octanol–water partition coefficient (Wildman–Crippen LogP) is 4.73. The van der Waals surface area contributed by atoms with Gasteiger partial charge in [-0.2, -0.15) is 0 Å². The van der Waals surface area contributed by atoms with Crippen molar-refractivity contribution in [2.24, 2.45) is 0 Å². The molecule has 5 rings (SSSR count). The van der Waals surface area contributed by atoms with Crippen LogP contribution in [0.2, 0.25) is 0 Å². The quantitative estimate of drug-likeness (QED) is 0.392. The molecule has 3 aromatic carbocycles. The fraction of sp³-hybridized carbons (Fsp3) is 0.120. The van der Waals surface area contributed by atoms with Gasteiger partial charge in [-0.1, -0.05) is 60.7 Å². The Morgan fingerprint density at radius 3 is 2.63 bits per heavy atom. The van der Waals surface area contributed by atoms with E-state index in [1.807, 2.05) is 85.3 Å². The molecule has 2 N–H and O–H groups in total. The standard InChI is InChI=1S/C25H22N4O/c30-25(20-16-27-21-11-5-4-10-19(20)21)24(18-8-2-1-3-9-18)26-14-15-29-17-28-22-12-6-7-13-23(22)29/h1-13,16-17,24,26-27H,14-15H2. The van der Waals surface area contributed by atoms with E-state index in [2.05, 4.69) is 25.9 Å². The summed E-state index contributed by atoms with van der Waals surface area (Å²) in [5.74, 6) is 0.0640. The van der Waals surface area contributed by atoms with Crippen molar-refractivity contribution in [1.29, 1.82) is 0 Å². The summed E-state index contributed by atoms with van der Waals surface area (Å²) in [6.45, 7) is 1.37. The van der Waals surface area contributed by atoms with Crippen LogP contribution in [0.1, 0.15) is 22.0 Å². The third kappa shape index (κ3) is 3.40. The second-order valence-corrected chi connectivity index (χ2v) is 7.34. The van der Waals surface area contributed by atoms with E-state index in [9.17, 15) is 4.79 Å². The summed E-state index contributed by atoms with van der Waals surface area (Å²) in [5.41, 5.74) is 4.71. The highest BCUT2D eigenvalue weighted by atomic mass is 16.1. The molecular formula is C25H22N4O. The molecule has 2 heterocycles. The highest BCUT2D eigenvalue weighted by Gasteiger charge is 2.23. The zero-order chi connectivity index (χ0) is 20.3. The lowest BCUT2D eigenvalue weighted by atomic mass is 9.97. The molecule has 0 spiro atoms. The van der Waals surface area contributed by atoms with Crippen LogP contribution in [-0.2, 0) is 6.54 Å². The number of nitrogens with one attached hydrogen (secondary N) is 2. The number of hydrogen-bond acceptors (Lipinski definition) is 3. The minimum absolute atomic E-state index is 0.0640. The molecule has 1 unspecified atom stereocenters. The first-order valence-electron chi connectivity index (χ1n) is 10.1. The van der Waals surface area contributed by atoms with Crippen LogP contribution in [0, 0.1) is 0 Å². The summed E-state index contributed by atoms with van der Waals surface area (Å²) in [6.07, 6.45) is 3.67. The van der Waals surface area contributed by atoms with Crippen molar-refractivity contribution in [3.63, 3.8) is 0 Å². The van der Waals surface area contributed by atoms with E-state index in [-0.39, 0.29) is 5.78 Å². The fourth-order valence-electron chi connectivity index (χ4n) is 3.96. The summed E-state index contributed by atoms with van der Waals surface area (Å²) < 4.78 is 2.11. The number of aromatic amines is 1. The van der Waals surface area contributed by atoms with Crippen LogP contribution < -0.4 is 5.32 Å². The first kappa shape index (κ1) is 18.3. The van der Waals surface area contributed by atoms with E-state index in [1.54, 1.807) is 0 Å². The molecule has 0 saturated heterocycles. The van der Waals surface area contributed by atoms with Crippen LogP contribution in [0.15, 0.2) is 91.4 Å². The van der Waals surface area contributed by atoms with Crippen molar-refractivity contribution < 1.29 is 4.79 Å². The van der Waals surface area contributed by atoms with Gasteiger partial charge in [-0.15, -0.1) is 0 Å². The summed E-state index contributed by atoms with van der Waals surface area (Å²) in [7, 11) is 0. The van der Waals surface area contributed by atoms with E-state index in [4.69, 9.17) is 0 Å². The van der Waals surface area contributed by atoms with E-state index >= 15 is 0 Å². The van der Waals surface area contributed by atoms with Crippen molar-refractivity contribution in [1.82, 2.24) is 19.9 Å². The number of hydrogen-bond donors (Lipinski definition) is 2. The Kier molecular flexibility index (Phi) is 4.87. The molecule has 148 valence electrons. The van der Waals surface area contributed by atoms with Crippen LogP contribution in [0.5, 0.6) is 0 Å². The van der Waals surface area contributed by atoms with Crippen LogP contribution in [0.3, 0.4) is 0 Å². The third-order valence-electron chi connectivity index (χ3n) is 5.48. The van der Waals surface area contributed by atoms with E-state index in [0.717, 1.165) is 34.0 Å². The lowest BCUT2D eigenvalue weighted by Crippen LogP contribution is -2.31. The minimum atomic E-state index is -0.416. The largest absolute Gasteiger partial charge is 0.360 e. The molecule has 0 saturated carbocycles. The van der Waals surface area contributed by atoms with Gasteiger partial charge in [-0.3, -0.25) is 4.79 Å². The summed E-state index contributed by atoms with van der Waals surface area (Å²) in [5, 5.41) is 4.43. The molecule has 0 fully saturated rings. The second kappa shape index (κ2) is 7.97. The predicted molar refractivity (Wildman–Crippen MR) is 120 cm³/mol. The molecule has 5 heteroatoms. The van der Waals surface area contributed by atoms with Gasteiger partial charge in [-0.25, -0.2) is 4.98 Å². The number of nitrogens with zero attached hydrogens (tertiary/aromatic N) is 2. The van der Waals surface area contributed by atoms with Gasteiger partial charge in [0.15, 0.2) is 5.78 Å². The molecule has 2 aromatic heterocycles. The van der Waals surface area contributed by atoms with Gasteiger partial charge in [0.05, 0.1) is 23.4 Å². The van der Waals surface area contributed by atoms with Gasteiger partial charge in [-0.05, 0) is 23.8 Å². The number of Topliss-reactive ketones (excluding diaryl/α,β-unsaturated/α-hetero) is 1. The molecule has 30 heavy (non-hydrogen) atoms. The molecule has 0 aliphatic rings. The number of H-pyrrole nitrogens is 1. The Morgan fingerprint density at radius 1 is 0.967 bits per heavy atom. The number of carbonyl (C=O) groups is 1. The maximum atomic E-state index is 13.5. The molecule has 0 aliphatic heterocycles. The molecule has 5 aromatic rings. The summed E-state index contributed by atoms with van der Waals surface area (Å²) >= 11 is 0. The Morgan fingerprint density at radius 2 is 1.73 bits per heavy atom. The van der Waals surface area contributed by atoms with Crippen LogP contribution in [0.4, 0.5) is 0 Å². The van der Waals surface area contributed by atoms with Crippen LogP contribution in [-0.4, -0.2) is 26.9 Å². The van der Waals surface area contributed by atoms with Crippen LogP contribution >= 0.6 is 0 Å². The molecule has 1 atom stereocenters. The Hall–Kier alpha value is -3.70. The Balaban J connectivity index is 1.40. The zero-order valence-electron chi connectivity index (χ0n) is 16.5. The van der Waals surface area contributed by atoms with Crippen molar-refractivity contribution in [2.45, 2.75) is 12.6 Å². The van der Waals surface area contributed by atoms with Crippen LogP contribution in [0.25, 0.3) is 21.9 Å². The molecule has 0 aliphatic carbocycles. The lowest BCUT2D eigenvalue weighted by molar-refractivity contribution is 0.0944. The molecule has 0 amide bonds. The number of para-hydroxylation sites is 3. The van der Waals surface area contributed by atoms with Crippen molar-refractivity contribution in [3.8, 4) is 0 Å². The average molecular weight is 394 g/mol. The molecule has 5 nitrogen and oxygen atoms in total. The van der Waals surface area contributed by atoms with Crippen molar-refractivity contribution in [3.05, 3.63) is 103 Å². The van der Waals surface area contributed by atoms with Gasteiger partial charge < -0.3 is 14.9 Å². The maximum absolute atomic E-state index is 13.5. The first-order valence-corrected chi connectivity index (χ1v) is 10.1. The van der Waals surface area contributed by atoms with E-state index < -0.39 is 6.04 Å². The summed E-state index contributed by atoms with van der Waals surface area (Å²) in [6, 6.07) is 25.5. The number of aromatic nitrogens is 3. The van der Waals surface area contributed by atoms with Crippen molar-refractivity contribution >= 4 is 27.7 Å². The summed E-state index contributed by atoms with van der Waals surface area (Å²) in [4.78, 5) is 21.2. The van der Waals surface area contributed by atoms with Crippen molar-refractivity contribution in [2.75, 3.05) is 6.54 Å². The molecule has 0 radical (unpaired) electrons. The molecular weight excluding hydrogens is 372 g/mol. The number of rotatable bonds is 7. The van der Waals surface area contributed by atoms with E-state index in [1.165, 1.54) is 0 Å². The first-order chi connectivity index (χ1) is 14.8. The Bertz CT molecular complexity index is 1300. The van der Waals surface area contributed by atoms with Gasteiger partial charge in [0.2, 0.25) is 0 Å². The normalized spacial score (nSPS) is 12.4. The van der Waals surface area contributed by atoms with E-state index in [0.29, 0.717) is 12.1 Å². The fourth-order valence-corrected chi connectivity index (χ4v) is 3.96. The number of carbonyl (C=O) groups excluding carboxylic acids is 1. The number of imidazole rings is 1. The average Bonchev–Trinajstić information content (AvgIpc) is 3.41. The van der Waals surface area contributed by atoms with Gasteiger partial charge in [0.1, 0.15) is 0 Å². The van der Waals surface area contributed by atoms with Gasteiger partial charge >= 0.3 is 0 Å². The molecule has 0 bridgehead atoms. The lowest BCUT2D eigenvalue weighted by Gasteiger charge is -2.18. The second-order valence-electron chi connectivity index (χ2n) is 7.34. The highest BCUT2D eigenvalue weighted by Crippen LogP contribution is 2.24. The monoisotopic (exact) mass is 394 g/mol. The highest BCUT2D eigenvalue weighted by molar-refractivity contribution is 6.10. The van der Waals surface area contributed by atoms with Gasteiger partial charge in [0, 0.05) is 35.8 Å². The Labute approximate surface area is 174 Å². The van der Waals surface area contributed by atoms with Gasteiger partial charge in [0.25, 0.3) is 0 Å². The minimum Gasteiger partial charge on any atom is -0.360 e. The smallest absolute Gasteiger partial charge is 0.186 e. The number of fused-ring (bicyclic) bond motifs is 2. The maximum Gasteiger partial charge on any atom is 0.186 e. The third-order valence-corrected chi connectivity index (χ3v) is 5.48.